The molecule has 0 unspecified atom stereocenters. The molecule has 6 heteroatoms. The minimum Gasteiger partial charge on any atom is -0.379 e. The fraction of sp³-hybridized carbons (Fsp3) is 0.364. The predicted octanol–water partition coefficient (Wildman–Crippen LogP) is 2.03. The highest BCUT2D eigenvalue weighted by Crippen LogP contribution is 2.45. The standard InChI is InChI=1S/C22H24N2O4/c1-16(20(25)17-7-3-2-4-8-17)22(27)18-9-5-6-10-19(18)24(21(22)26)15-23-11-13-28-14-12-23/h2-10,16,27H,11-15H2,1H3/t16-,22+/m0/s1. The molecule has 2 atom stereocenters. The molecule has 2 aromatic carbocycles. The van der Waals surface area contributed by atoms with E-state index in [0.717, 1.165) is 13.1 Å². The first-order chi connectivity index (χ1) is 13.5. The maximum absolute atomic E-state index is 13.4. The first kappa shape index (κ1) is 18.8. The predicted molar refractivity (Wildman–Crippen MR) is 105 cm³/mol. The summed E-state index contributed by atoms with van der Waals surface area (Å²) >= 11 is 0. The molecule has 6 nitrogen and oxygen atoms in total. The van der Waals surface area contributed by atoms with Gasteiger partial charge in [-0.3, -0.25) is 19.4 Å². The molecule has 146 valence electrons. The van der Waals surface area contributed by atoms with Gasteiger partial charge in [-0.25, -0.2) is 0 Å². The Kier molecular flexibility index (Phi) is 5.02. The third-order valence-electron chi connectivity index (χ3n) is 5.70. The van der Waals surface area contributed by atoms with Crippen LogP contribution < -0.4 is 4.90 Å². The van der Waals surface area contributed by atoms with Crippen LogP contribution in [0.5, 0.6) is 0 Å². The van der Waals surface area contributed by atoms with Crippen LogP contribution in [-0.2, 0) is 15.1 Å². The molecule has 1 fully saturated rings. The van der Waals surface area contributed by atoms with Gasteiger partial charge in [0.25, 0.3) is 5.91 Å². The number of aliphatic hydroxyl groups is 1. The van der Waals surface area contributed by atoms with E-state index < -0.39 is 17.4 Å². The molecule has 0 bridgehead atoms. The second kappa shape index (κ2) is 7.47. The lowest BCUT2D eigenvalue weighted by molar-refractivity contribution is -0.140. The Morgan fingerprint density at radius 3 is 2.46 bits per heavy atom. The van der Waals surface area contributed by atoms with Crippen LogP contribution in [0.25, 0.3) is 0 Å². The molecule has 0 aliphatic carbocycles. The Morgan fingerprint density at radius 2 is 1.75 bits per heavy atom. The van der Waals surface area contributed by atoms with Crippen molar-refractivity contribution >= 4 is 17.4 Å². The van der Waals surface area contributed by atoms with Gasteiger partial charge in [-0.2, -0.15) is 0 Å². The topological polar surface area (TPSA) is 70.1 Å². The summed E-state index contributed by atoms with van der Waals surface area (Å²) in [6.07, 6.45) is 0. The highest BCUT2D eigenvalue weighted by atomic mass is 16.5. The lowest BCUT2D eigenvalue weighted by Crippen LogP contribution is -2.51. The number of Topliss-reactive ketones (excluding diaryl/α,β-unsaturated/α-hetero) is 1. The maximum Gasteiger partial charge on any atom is 0.265 e. The number of morpholine rings is 1. The minimum absolute atomic E-state index is 0.250. The quantitative estimate of drug-likeness (QED) is 0.804. The third-order valence-corrected chi connectivity index (χ3v) is 5.70. The second-order valence-electron chi connectivity index (χ2n) is 7.34. The summed E-state index contributed by atoms with van der Waals surface area (Å²) in [6.45, 7) is 4.69. The van der Waals surface area contributed by atoms with Crippen molar-refractivity contribution in [3.8, 4) is 0 Å². The van der Waals surface area contributed by atoms with Gasteiger partial charge < -0.3 is 9.84 Å². The van der Waals surface area contributed by atoms with E-state index in [4.69, 9.17) is 4.74 Å². The number of benzene rings is 2. The van der Waals surface area contributed by atoms with Crippen LogP contribution in [0, 0.1) is 5.92 Å². The van der Waals surface area contributed by atoms with Gasteiger partial charge in [0.2, 0.25) is 0 Å². The third kappa shape index (κ3) is 3.03. The Balaban J connectivity index is 1.68. The maximum atomic E-state index is 13.4. The van der Waals surface area contributed by atoms with Crippen LogP contribution in [0.4, 0.5) is 5.69 Å². The normalized spacial score (nSPS) is 23.5. The average molecular weight is 380 g/mol. The first-order valence-electron chi connectivity index (χ1n) is 9.56. The molecule has 0 saturated carbocycles. The monoisotopic (exact) mass is 380 g/mol. The van der Waals surface area contributed by atoms with Gasteiger partial charge in [-0.1, -0.05) is 55.5 Å². The summed E-state index contributed by atoms with van der Waals surface area (Å²) in [5.41, 5.74) is -0.241. The van der Waals surface area contributed by atoms with E-state index >= 15 is 0 Å². The number of nitrogens with zero attached hydrogens (tertiary/aromatic N) is 2. The van der Waals surface area contributed by atoms with Crippen molar-refractivity contribution in [2.24, 2.45) is 5.92 Å². The van der Waals surface area contributed by atoms with Gasteiger partial charge in [-0.05, 0) is 6.07 Å². The zero-order valence-electron chi connectivity index (χ0n) is 15.9. The average Bonchev–Trinajstić information content (AvgIpc) is 2.97. The Morgan fingerprint density at radius 1 is 1.11 bits per heavy atom. The molecule has 2 heterocycles. The fourth-order valence-corrected chi connectivity index (χ4v) is 4.01. The summed E-state index contributed by atoms with van der Waals surface area (Å²) in [5, 5.41) is 11.6. The summed E-state index contributed by atoms with van der Waals surface area (Å²) < 4.78 is 5.38. The molecule has 0 radical (unpaired) electrons. The number of ether oxygens (including phenoxy) is 1. The molecule has 1 saturated heterocycles. The molecule has 2 aliphatic heterocycles. The molecule has 2 aromatic rings. The molecule has 4 rings (SSSR count). The van der Waals surface area contributed by atoms with E-state index in [2.05, 4.69) is 4.90 Å². The van der Waals surface area contributed by atoms with Crippen molar-refractivity contribution in [3.05, 3.63) is 65.7 Å². The number of para-hydroxylation sites is 1. The molecular formula is C22H24N2O4. The van der Waals surface area contributed by atoms with Gasteiger partial charge in [0.15, 0.2) is 11.4 Å². The van der Waals surface area contributed by atoms with Crippen LogP contribution >= 0.6 is 0 Å². The molecule has 0 spiro atoms. The van der Waals surface area contributed by atoms with E-state index in [1.54, 1.807) is 48.2 Å². The summed E-state index contributed by atoms with van der Waals surface area (Å²) in [5.74, 6) is -1.60. The number of hydrogen-bond donors (Lipinski definition) is 1. The molecule has 2 aliphatic rings. The summed E-state index contributed by atoms with van der Waals surface area (Å²) in [6, 6.07) is 16.0. The SMILES string of the molecule is C[C@@H](C(=O)c1ccccc1)[C@]1(O)C(=O)N(CN2CCOCC2)c2ccccc21. The van der Waals surface area contributed by atoms with Gasteiger partial charge in [0, 0.05) is 24.2 Å². The van der Waals surface area contributed by atoms with E-state index in [9.17, 15) is 14.7 Å². The number of ketones is 1. The van der Waals surface area contributed by atoms with Crippen molar-refractivity contribution < 1.29 is 19.4 Å². The minimum atomic E-state index is -1.88. The zero-order valence-corrected chi connectivity index (χ0v) is 15.9. The molecule has 1 amide bonds. The van der Waals surface area contributed by atoms with Crippen LogP contribution in [0.15, 0.2) is 54.6 Å². The number of rotatable bonds is 5. The number of hydrogen-bond acceptors (Lipinski definition) is 5. The molecule has 1 N–H and O–H groups in total. The van der Waals surface area contributed by atoms with E-state index in [1.807, 2.05) is 18.2 Å². The number of carbonyl (C=O) groups is 2. The van der Waals surface area contributed by atoms with Crippen molar-refractivity contribution in [2.75, 3.05) is 37.9 Å². The summed E-state index contributed by atoms with van der Waals surface area (Å²) in [4.78, 5) is 30.1. The van der Waals surface area contributed by atoms with Gasteiger partial charge in [-0.15, -0.1) is 0 Å². The lowest BCUT2D eigenvalue weighted by atomic mass is 9.79. The Labute approximate surface area is 164 Å². The molecule has 0 aromatic heterocycles. The second-order valence-corrected chi connectivity index (χ2v) is 7.34. The van der Waals surface area contributed by atoms with Gasteiger partial charge >= 0.3 is 0 Å². The van der Waals surface area contributed by atoms with Crippen molar-refractivity contribution in [2.45, 2.75) is 12.5 Å². The Bertz CT molecular complexity index is 879. The van der Waals surface area contributed by atoms with Gasteiger partial charge in [0.1, 0.15) is 0 Å². The number of anilines is 1. The van der Waals surface area contributed by atoms with Gasteiger partial charge in [0.05, 0.1) is 31.5 Å². The first-order valence-corrected chi connectivity index (χ1v) is 9.56. The van der Waals surface area contributed by atoms with Crippen LogP contribution in [0.1, 0.15) is 22.8 Å². The van der Waals surface area contributed by atoms with Crippen molar-refractivity contribution in [3.63, 3.8) is 0 Å². The van der Waals surface area contributed by atoms with Crippen LogP contribution in [0.2, 0.25) is 0 Å². The van der Waals surface area contributed by atoms with Crippen LogP contribution in [0.3, 0.4) is 0 Å². The number of fused-ring (bicyclic) bond motifs is 1. The van der Waals surface area contributed by atoms with Crippen molar-refractivity contribution in [1.29, 1.82) is 0 Å². The number of amides is 1. The summed E-state index contributed by atoms with van der Waals surface area (Å²) in [7, 11) is 0. The zero-order chi connectivity index (χ0) is 19.7. The van der Waals surface area contributed by atoms with E-state index in [-0.39, 0.29) is 5.78 Å². The lowest BCUT2D eigenvalue weighted by Gasteiger charge is -2.32. The molecular weight excluding hydrogens is 356 g/mol. The van der Waals surface area contributed by atoms with E-state index in [1.165, 1.54) is 0 Å². The highest BCUT2D eigenvalue weighted by Gasteiger charge is 2.55. The Hall–Kier alpha value is -2.54. The fourth-order valence-electron chi connectivity index (χ4n) is 4.01. The molecule has 28 heavy (non-hydrogen) atoms. The number of carbonyl (C=O) groups excluding carboxylic acids is 2. The van der Waals surface area contributed by atoms with Crippen molar-refractivity contribution in [1.82, 2.24) is 4.90 Å². The highest BCUT2D eigenvalue weighted by molar-refractivity contribution is 6.11. The smallest absolute Gasteiger partial charge is 0.265 e. The van der Waals surface area contributed by atoms with Crippen LogP contribution in [-0.4, -0.2) is 54.7 Å². The largest absolute Gasteiger partial charge is 0.379 e. The van der Waals surface area contributed by atoms with E-state index in [0.29, 0.717) is 36.7 Å².